The summed E-state index contributed by atoms with van der Waals surface area (Å²) in [5.41, 5.74) is 3.66. The van der Waals surface area contributed by atoms with Crippen LogP contribution in [0.2, 0.25) is 0 Å². The van der Waals surface area contributed by atoms with Gasteiger partial charge in [0.15, 0.2) is 0 Å². The summed E-state index contributed by atoms with van der Waals surface area (Å²) in [7, 11) is 1.82. The van der Waals surface area contributed by atoms with Crippen LogP contribution in [-0.4, -0.2) is 58.0 Å². The highest BCUT2D eigenvalue weighted by Crippen LogP contribution is 2.28. The Morgan fingerprint density at radius 2 is 2.11 bits per heavy atom. The summed E-state index contributed by atoms with van der Waals surface area (Å²) < 4.78 is 0. The van der Waals surface area contributed by atoms with E-state index in [9.17, 15) is 9.59 Å². The summed E-state index contributed by atoms with van der Waals surface area (Å²) in [6.07, 6.45) is 4.46. The summed E-state index contributed by atoms with van der Waals surface area (Å²) in [6.45, 7) is 7.47. The number of hydrogen-bond acceptors (Lipinski definition) is 3. The second-order valence-electron chi connectivity index (χ2n) is 7.85. The van der Waals surface area contributed by atoms with Crippen molar-refractivity contribution >= 4 is 11.8 Å². The molecule has 28 heavy (non-hydrogen) atoms. The molecule has 2 amide bonds. The molecule has 1 fully saturated rings. The number of hydrogen-bond donors (Lipinski definition) is 1. The molecule has 1 aliphatic heterocycles. The number of carbonyl (C=O) groups excluding carboxylic acids is 2. The van der Waals surface area contributed by atoms with Crippen molar-refractivity contribution in [1.82, 2.24) is 20.0 Å². The number of benzene rings is 1. The smallest absolute Gasteiger partial charge is 0.254 e. The van der Waals surface area contributed by atoms with Gasteiger partial charge in [-0.25, -0.2) is 0 Å². The Balaban J connectivity index is 1.89. The zero-order chi connectivity index (χ0) is 20.3. The molecular weight excluding hydrogens is 352 g/mol. The number of H-pyrrole nitrogens is 1. The minimum absolute atomic E-state index is 0.0427. The van der Waals surface area contributed by atoms with Crippen LogP contribution >= 0.6 is 0 Å². The van der Waals surface area contributed by atoms with E-state index in [0.29, 0.717) is 31.0 Å². The van der Waals surface area contributed by atoms with Gasteiger partial charge in [-0.2, -0.15) is 5.10 Å². The number of unbranched alkanes of at least 4 members (excludes halogenated alkanes) is 1. The molecule has 0 saturated carbocycles. The minimum atomic E-state index is -0.366. The molecule has 1 aromatic heterocycles. The van der Waals surface area contributed by atoms with Gasteiger partial charge < -0.3 is 9.80 Å². The van der Waals surface area contributed by atoms with E-state index in [1.807, 2.05) is 37.5 Å². The Hall–Kier alpha value is -2.63. The van der Waals surface area contributed by atoms with Crippen LogP contribution in [0.1, 0.15) is 62.0 Å². The van der Waals surface area contributed by atoms with Gasteiger partial charge in [0, 0.05) is 37.0 Å². The van der Waals surface area contributed by atoms with E-state index in [2.05, 4.69) is 31.0 Å². The van der Waals surface area contributed by atoms with Gasteiger partial charge >= 0.3 is 0 Å². The number of amides is 2. The first-order valence-corrected chi connectivity index (χ1v) is 10.1. The quantitative estimate of drug-likeness (QED) is 0.829. The largest absolute Gasteiger partial charge is 0.342 e. The SMILES string of the molecule is CCCC[C@H]1C(=O)N(C)CCN1C(=O)c1cccc(-c2cn[nH]c2C(C)C)c1. The number of nitrogens with zero attached hydrogens (tertiary/aromatic N) is 3. The average molecular weight is 383 g/mol. The molecule has 0 unspecified atom stereocenters. The zero-order valence-electron chi connectivity index (χ0n) is 17.2. The van der Waals surface area contributed by atoms with Gasteiger partial charge in [-0.1, -0.05) is 45.7 Å². The number of aromatic amines is 1. The fourth-order valence-electron chi connectivity index (χ4n) is 3.78. The van der Waals surface area contributed by atoms with E-state index in [1.54, 1.807) is 9.80 Å². The first-order valence-electron chi connectivity index (χ1n) is 10.1. The molecule has 1 aromatic carbocycles. The third-order valence-corrected chi connectivity index (χ3v) is 5.47. The Morgan fingerprint density at radius 3 is 2.82 bits per heavy atom. The Bertz CT molecular complexity index is 843. The third-order valence-electron chi connectivity index (χ3n) is 5.47. The van der Waals surface area contributed by atoms with Crippen LogP contribution in [0.5, 0.6) is 0 Å². The van der Waals surface area contributed by atoms with Gasteiger partial charge in [0.05, 0.1) is 6.20 Å². The fourth-order valence-corrected chi connectivity index (χ4v) is 3.78. The van der Waals surface area contributed by atoms with Crippen molar-refractivity contribution in [2.45, 2.75) is 52.0 Å². The van der Waals surface area contributed by atoms with E-state index in [-0.39, 0.29) is 17.9 Å². The van der Waals surface area contributed by atoms with E-state index in [1.165, 1.54) is 0 Å². The number of aromatic nitrogens is 2. The highest BCUT2D eigenvalue weighted by molar-refractivity contribution is 5.99. The summed E-state index contributed by atoms with van der Waals surface area (Å²) in [4.78, 5) is 29.5. The maximum atomic E-state index is 13.3. The molecule has 3 rings (SSSR count). The van der Waals surface area contributed by atoms with Gasteiger partial charge in [0.25, 0.3) is 5.91 Å². The number of likely N-dealkylation sites (N-methyl/N-ethyl adjacent to an activating group) is 1. The van der Waals surface area contributed by atoms with Crippen molar-refractivity contribution in [3.05, 3.63) is 41.7 Å². The molecule has 0 bridgehead atoms. The van der Waals surface area contributed by atoms with Crippen LogP contribution in [-0.2, 0) is 4.79 Å². The van der Waals surface area contributed by atoms with Gasteiger partial charge in [-0.3, -0.25) is 14.7 Å². The van der Waals surface area contributed by atoms with Crippen molar-refractivity contribution in [3.63, 3.8) is 0 Å². The van der Waals surface area contributed by atoms with Crippen LogP contribution in [0, 0.1) is 0 Å². The molecule has 0 radical (unpaired) electrons. The number of nitrogens with one attached hydrogen (secondary N) is 1. The lowest BCUT2D eigenvalue weighted by atomic mass is 9.97. The highest BCUT2D eigenvalue weighted by Gasteiger charge is 2.35. The first-order chi connectivity index (χ1) is 13.4. The Morgan fingerprint density at radius 1 is 1.32 bits per heavy atom. The van der Waals surface area contributed by atoms with Crippen LogP contribution in [0.4, 0.5) is 0 Å². The van der Waals surface area contributed by atoms with Crippen molar-refractivity contribution in [2.75, 3.05) is 20.1 Å². The summed E-state index contributed by atoms with van der Waals surface area (Å²) in [6, 6.07) is 7.28. The van der Waals surface area contributed by atoms with Gasteiger partial charge in [0.2, 0.25) is 5.91 Å². The van der Waals surface area contributed by atoms with Crippen molar-refractivity contribution in [2.24, 2.45) is 0 Å². The molecule has 1 N–H and O–H groups in total. The van der Waals surface area contributed by atoms with Crippen molar-refractivity contribution in [1.29, 1.82) is 0 Å². The molecule has 2 heterocycles. The van der Waals surface area contributed by atoms with E-state index < -0.39 is 0 Å². The maximum Gasteiger partial charge on any atom is 0.254 e. The Kier molecular flexibility index (Phi) is 6.17. The van der Waals surface area contributed by atoms with Crippen LogP contribution in [0.3, 0.4) is 0 Å². The second kappa shape index (κ2) is 8.59. The average Bonchev–Trinajstić information content (AvgIpc) is 3.19. The summed E-state index contributed by atoms with van der Waals surface area (Å²) >= 11 is 0. The highest BCUT2D eigenvalue weighted by atomic mass is 16.2. The monoisotopic (exact) mass is 382 g/mol. The third kappa shape index (κ3) is 3.96. The van der Waals surface area contributed by atoms with Crippen LogP contribution in [0.15, 0.2) is 30.5 Å². The molecule has 1 atom stereocenters. The lowest BCUT2D eigenvalue weighted by Crippen LogP contribution is -2.57. The molecule has 2 aromatic rings. The molecule has 0 aliphatic carbocycles. The van der Waals surface area contributed by atoms with Gasteiger partial charge in [0.1, 0.15) is 6.04 Å². The Labute approximate surface area is 166 Å². The summed E-state index contributed by atoms with van der Waals surface area (Å²) in [5.74, 6) is 0.283. The van der Waals surface area contributed by atoms with Crippen LogP contribution < -0.4 is 0 Å². The molecule has 6 nitrogen and oxygen atoms in total. The summed E-state index contributed by atoms with van der Waals surface area (Å²) in [5, 5.41) is 7.24. The van der Waals surface area contributed by atoms with Crippen molar-refractivity contribution in [3.8, 4) is 11.1 Å². The normalized spacial score (nSPS) is 17.5. The zero-order valence-corrected chi connectivity index (χ0v) is 17.2. The van der Waals surface area contributed by atoms with E-state index in [0.717, 1.165) is 29.7 Å². The maximum absolute atomic E-state index is 13.3. The predicted octanol–water partition coefficient (Wildman–Crippen LogP) is 3.67. The van der Waals surface area contributed by atoms with Gasteiger partial charge in [-0.05, 0) is 30.0 Å². The van der Waals surface area contributed by atoms with E-state index >= 15 is 0 Å². The predicted molar refractivity (Wildman–Crippen MR) is 110 cm³/mol. The molecular formula is C22H30N4O2. The number of carbonyl (C=O) groups is 2. The lowest BCUT2D eigenvalue weighted by Gasteiger charge is -2.39. The molecule has 1 aliphatic rings. The van der Waals surface area contributed by atoms with E-state index in [4.69, 9.17) is 0 Å². The standard InChI is InChI=1S/C22H30N4O2/c1-5-6-10-19-22(28)25(4)11-12-26(19)21(27)17-9-7-8-16(13-17)18-14-23-24-20(18)15(2)3/h7-9,13-15,19H,5-6,10-12H2,1-4H3,(H,23,24)/t19-/m0/s1. The number of piperazine rings is 1. The molecule has 6 heteroatoms. The number of rotatable bonds is 6. The molecule has 1 saturated heterocycles. The van der Waals surface area contributed by atoms with Gasteiger partial charge in [-0.15, -0.1) is 0 Å². The minimum Gasteiger partial charge on any atom is -0.342 e. The second-order valence-corrected chi connectivity index (χ2v) is 7.85. The van der Waals surface area contributed by atoms with Crippen LogP contribution in [0.25, 0.3) is 11.1 Å². The lowest BCUT2D eigenvalue weighted by molar-refractivity contribution is -0.138. The topological polar surface area (TPSA) is 69.3 Å². The fraction of sp³-hybridized carbons (Fsp3) is 0.500. The molecule has 150 valence electrons. The first kappa shape index (κ1) is 20.1. The molecule has 0 spiro atoms. The van der Waals surface area contributed by atoms with Crippen molar-refractivity contribution < 1.29 is 9.59 Å².